The maximum absolute atomic E-state index is 10.7. The average Bonchev–Trinajstić information content (AvgIpc) is 2.25. The summed E-state index contributed by atoms with van der Waals surface area (Å²) in [5.74, 6) is -2.55. The Labute approximate surface area is 98.5 Å². The van der Waals surface area contributed by atoms with Gasteiger partial charge in [-0.25, -0.2) is 9.59 Å². The summed E-state index contributed by atoms with van der Waals surface area (Å²) in [7, 11) is 0. The molecule has 4 nitrogen and oxygen atoms in total. The summed E-state index contributed by atoms with van der Waals surface area (Å²) < 4.78 is 0. The van der Waals surface area contributed by atoms with Gasteiger partial charge in [0.2, 0.25) is 0 Å². The van der Waals surface area contributed by atoms with Crippen molar-refractivity contribution in [2.75, 3.05) is 0 Å². The Morgan fingerprint density at radius 2 is 1.71 bits per heavy atom. The highest BCUT2D eigenvalue weighted by Gasteiger charge is 2.05. The summed E-state index contributed by atoms with van der Waals surface area (Å²) in [4.78, 5) is 21.1. The molecule has 1 aromatic carbocycles. The Morgan fingerprint density at radius 3 is 2.18 bits per heavy atom. The van der Waals surface area contributed by atoms with Crippen LogP contribution in [0.1, 0.15) is 11.1 Å². The zero-order chi connectivity index (χ0) is 12.8. The van der Waals surface area contributed by atoms with Gasteiger partial charge < -0.3 is 10.2 Å². The summed E-state index contributed by atoms with van der Waals surface area (Å²) in [5, 5.41) is 17.3. The van der Waals surface area contributed by atoms with E-state index in [9.17, 15) is 9.59 Å². The van der Waals surface area contributed by atoms with Gasteiger partial charge in [0.05, 0.1) is 5.57 Å². The fourth-order valence-electron chi connectivity index (χ4n) is 1.18. The minimum atomic E-state index is -1.28. The highest BCUT2D eigenvalue weighted by atomic mass is 16.4. The molecule has 0 aliphatic heterocycles. The number of rotatable bonds is 4. The molecule has 0 aliphatic rings. The molecule has 0 spiro atoms. The van der Waals surface area contributed by atoms with Crippen LogP contribution in [-0.2, 0) is 9.59 Å². The predicted octanol–water partition coefficient (Wildman–Crippen LogP) is 2.10. The molecule has 0 amide bonds. The lowest BCUT2D eigenvalue weighted by Crippen LogP contribution is -2.01. The van der Waals surface area contributed by atoms with Crippen molar-refractivity contribution in [3.63, 3.8) is 0 Å². The van der Waals surface area contributed by atoms with E-state index in [1.165, 1.54) is 6.08 Å². The second kappa shape index (κ2) is 5.65. The number of carboxylic acids is 2. The van der Waals surface area contributed by atoms with Crippen LogP contribution in [0.25, 0.3) is 6.08 Å². The normalized spacial score (nSPS) is 11.7. The number of hydrogen-bond donors (Lipinski definition) is 2. The molecular weight excluding hydrogens is 220 g/mol. The summed E-state index contributed by atoms with van der Waals surface area (Å²) in [6, 6.07) is 7.43. The smallest absolute Gasteiger partial charge is 0.335 e. The molecule has 88 valence electrons. The summed E-state index contributed by atoms with van der Waals surface area (Å²) in [5.41, 5.74) is 1.65. The Bertz CT molecular complexity index is 481. The molecule has 0 heterocycles. The first-order valence-electron chi connectivity index (χ1n) is 4.91. The van der Waals surface area contributed by atoms with Crippen molar-refractivity contribution < 1.29 is 19.8 Å². The topological polar surface area (TPSA) is 74.6 Å². The van der Waals surface area contributed by atoms with E-state index in [0.29, 0.717) is 6.08 Å². The first-order chi connectivity index (χ1) is 7.99. The van der Waals surface area contributed by atoms with Crippen LogP contribution >= 0.6 is 0 Å². The molecule has 0 saturated carbocycles. The fraction of sp³-hybridized carbons (Fsp3) is 0.0769. The first-order valence-corrected chi connectivity index (χ1v) is 4.91. The van der Waals surface area contributed by atoms with Gasteiger partial charge in [-0.1, -0.05) is 35.9 Å². The maximum atomic E-state index is 10.7. The third-order valence-corrected chi connectivity index (χ3v) is 2.06. The van der Waals surface area contributed by atoms with Gasteiger partial charge in [-0.3, -0.25) is 0 Å². The SMILES string of the molecule is Cc1ccc(/C=C/C(=C/C(=O)O)C(=O)O)cc1. The van der Waals surface area contributed by atoms with E-state index in [4.69, 9.17) is 10.2 Å². The average molecular weight is 232 g/mol. The third kappa shape index (κ3) is 4.34. The molecule has 4 heteroatoms. The van der Waals surface area contributed by atoms with Crippen LogP contribution in [0.4, 0.5) is 0 Å². The van der Waals surface area contributed by atoms with Crippen molar-refractivity contribution in [2.45, 2.75) is 6.92 Å². The van der Waals surface area contributed by atoms with Crippen LogP contribution in [0.2, 0.25) is 0 Å². The second-order valence-corrected chi connectivity index (χ2v) is 3.49. The number of hydrogen-bond acceptors (Lipinski definition) is 2. The zero-order valence-electron chi connectivity index (χ0n) is 9.25. The molecule has 1 aromatic rings. The van der Waals surface area contributed by atoms with E-state index in [2.05, 4.69) is 0 Å². The van der Waals surface area contributed by atoms with Crippen LogP contribution in [0.5, 0.6) is 0 Å². The van der Waals surface area contributed by atoms with Crippen molar-refractivity contribution in [1.82, 2.24) is 0 Å². The van der Waals surface area contributed by atoms with Gasteiger partial charge in [-0.15, -0.1) is 0 Å². The summed E-state index contributed by atoms with van der Waals surface area (Å²) in [6.07, 6.45) is 3.48. The molecule has 0 radical (unpaired) electrons. The van der Waals surface area contributed by atoms with E-state index < -0.39 is 11.9 Å². The van der Waals surface area contributed by atoms with Crippen LogP contribution in [0.15, 0.2) is 42.0 Å². The monoisotopic (exact) mass is 232 g/mol. The van der Waals surface area contributed by atoms with E-state index in [1.54, 1.807) is 6.08 Å². The molecular formula is C13H12O4. The largest absolute Gasteiger partial charge is 0.478 e. The van der Waals surface area contributed by atoms with E-state index in [1.807, 2.05) is 31.2 Å². The Morgan fingerprint density at radius 1 is 1.12 bits per heavy atom. The lowest BCUT2D eigenvalue weighted by atomic mass is 10.1. The molecule has 0 fully saturated rings. The van der Waals surface area contributed by atoms with Crippen LogP contribution < -0.4 is 0 Å². The van der Waals surface area contributed by atoms with Crippen molar-refractivity contribution in [2.24, 2.45) is 0 Å². The molecule has 1 rings (SSSR count). The molecule has 0 bridgehead atoms. The fourth-order valence-corrected chi connectivity index (χ4v) is 1.18. The lowest BCUT2D eigenvalue weighted by molar-refractivity contribution is -0.134. The van der Waals surface area contributed by atoms with Crippen LogP contribution in [0.3, 0.4) is 0 Å². The molecule has 0 aliphatic carbocycles. The van der Waals surface area contributed by atoms with E-state index in [-0.39, 0.29) is 5.57 Å². The second-order valence-electron chi connectivity index (χ2n) is 3.49. The molecule has 0 aromatic heterocycles. The lowest BCUT2D eigenvalue weighted by Gasteiger charge is -1.96. The standard InChI is InChI=1S/C13H12O4/c1-9-2-4-10(5-3-9)6-7-11(13(16)17)8-12(14)15/h2-8H,1H3,(H,14,15)(H,16,17)/b7-6+,11-8-. The number of carbonyl (C=O) groups is 2. The highest BCUT2D eigenvalue weighted by Crippen LogP contribution is 2.07. The van der Waals surface area contributed by atoms with Gasteiger partial charge in [-0.05, 0) is 18.6 Å². The number of benzene rings is 1. The van der Waals surface area contributed by atoms with E-state index in [0.717, 1.165) is 11.1 Å². The van der Waals surface area contributed by atoms with Crippen LogP contribution in [-0.4, -0.2) is 22.2 Å². The van der Waals surface area contributed by atoms with Gasteiger partial charge in [-0.2, -0.15) is 0 Å². The molecule has 0 unspecified atom stereocenters. The Balaban J connectivity index is 2.91. The minimum Gasteiger partial charge on any atom is -0.478 e. The van der Waals surface area contributed by atoms with Gasteiger partial charge in [0.15, 0.2) is 0 Å². The summed E-state index contributed by atoms with van der Waals surface area (Å²) in [6.45, 7) is 1.94. The van der Waals surface area contributed by atoms with Gasteiger partial charge >= 0.3 is 11.9 Å². The zero-order valence-corrected chi connectivity index (χ0v) is 9.25. The third-order valence-electron chi connectivity index (χ3n) is 2.06. The van der Waals surface area contributed by atoms with Crippen molar-refractivity contribution in [1.29, 1.82) is 0 Å². The van der Waals surface area contributed by atoms with Crippen molar-refractivity contribution in [3.8, 4) is 0 Å². The van der Waals surface area contributed by atoms with Gasteiger partial charge in [0.25, 0.3) is 0 Å². The molecule has 2 N–H and O–H groups in total. The maximum Gasteiger partial charge on any atom is 0.335 e. The summed E-state index contributed by atoms with van der Waals surface area (Å²) >= 11 is 0. The van der Waals surface area contributed by atoms with Gasteiger partial charge in [0, 0.05) is 6.08 Å². The van der Waals surface area contributed by atoms with Gasteiger partial charge in [0.1, 0.15) is 0 Å². The quantitative estimate of drug-likeness (QED) is 0.615. The number of aryl methyl sites for hydroxylation is 1. The van der Waals surface area contributed by atoms with Crippen molar-refractivity contribution in [3.05, 3.63) is 53.1 Å². The minimum absolute atomic E-state index is 0.266. The number of carboxylic acid groups (broad SMARTS) is 2. The molecule has 0 saturated heterocycles. The van der Waals surface area contributed by atoms with Crippen molar-refractivity contribution >= 4 is 18.0 Å². The molecule has 0 atom stereocenters. The highest BCUT2D eigenvalue weighted by molar-refractivity contribution is 5.97. The predicted molar refractivity (Wildman–Crippen MR) is 63.6 cm³/mol. The first kappa shape index (κ1) is 12.7. The van der Waals surface area contributed by atoms with E-state index >= 15 is 0 Å². The molecule has 17 heavy (non-hydrogen) atoms. The van der Waals surface area contributed by atoms with Crippen LogP contribution in [0, 0.1) is 6.92 Å². The number of aliphatic carboxylic acids is 2. The Kier molecular flexibility index (Phi) is 4.22. The Hall–Kier alpha value is -2.36.